The van der Waals surface area contributed by atoms with Gasteiger partial charge in [-0.15, -0.1) is 0 Å². The van der Waals surface area contributed by atoms with Gasteiger partial charge in [0.1, 0.15) is 0 Å². The predicted molar refractivity (Wildman–Crippen MR) is 142 cm³/mol. The van der Waals surface area contributed by atoms with Gasteiger partial charge in [-0.25, -0.2) is 0 Å². The molecule has 176 valence electrons. The van der Waals surface area contributed by atoms with Crippen molar-refractivity contribution in [2.75, 3.05) is 0 Å². The summed E-state index contributed by atoms with van der Waals surface area (Å²) in [4.78, 5) is 18.9. The lowest BCUT2D eigenvalue weighted by Crippen LogP contribution is -2.54. The van der Waals surface area contributed by atoms with Crippen LogP contribution < -0.4 is 5.32 Å². The zero-order chi connectivity index (χ0) is 23.9. The van der Waals surface area contributed by atoms with Crippen LogP contribution >= 0.6 is 0 Å². The Balaban J connectivity index is 1.55. The molecule has 5 atom stereocenters. The first kappa shape index (κ1) is 22.0. The first-order valence-corrected chi connectivity index (χ1v) is 12.9. The Bertz CT molecular complexity index is 1360. The third-order valence-corrected chi connectivity index (χ3v) is 8.16. The lowest BCUT2D eigenvalue weighted by Gasteiger charge is -2.47. The van der Waals surface area contributed by atoms with Gasteiger partial charge in [-0.1, -0.05) is 79.2 Å². The van der Waals surface area contributed by atoms with Crippen molar-refractivity contribution < 1.29 is 4.79 Å². The number of aromatic nitrogens is 1. The third kappa shape index (κ3) is 4.03. The van der Waals surface area contributed by atoms with Crippen molar-refractivity contribution in [2.24, 2.45) is 11.8 Å². The van der Waals surface area contributed by atoms with E-state index < -0.39 is 0 Å². The van der Waals surface area contributed by atoms with Crippen LogP contribution in [0.3, 0.4) is 0 Å². The number of hydrogen-bond donors (Lipinski definition) is 1. The summed E-state index contributed by atoms with van der Waals surface area (Å²) >= 11 is 0. The summed E-state index contributed by atoms with van der Waals surface area (Å²) in [5.74, 6) is 1.02. The molecule has 1 aliphatic carbocycles. The summed E-state index contributed by atoms with van der Waals surface area (Å²) in [6.07, 6.45) is 3.38. The van der Waals surface area contributed by atoms with E-state index in [1.165, 1.54) is 17.5 Å². The molecule has 1 saturated carbocycles. The Kier molecular flexibility index (Phi) is 5.64. The summed E-state index contributed by atoms with van der Waals surface area (Å²) < 4.78 is 0. The minimum Gasteiger partial charge on any atom is -0.352 e. The lowest BCUT2D eigenvalue weighted by atomic mass is 9.63. The Morgan fingerprint density at radius 3 is 2.40 bits per heavy atom. The minimum atomic E-state index is -0.308. The third-order valence-electron chi connectivity index (χ3n) is 8.16. The second kappa shape index (κ2) is 8.96. The van der Waals surface area contributed by atoms with Gasteiger partial charge in [-0.3, -0.25) is 9.78 Å². The van der Waals surface area contributed by atoms with E-state index in [1.54, 1.807) is 0 Å². The van der Waals surface area contributed by atoms with Crippen LogP contribution in [0.25, 0.3) is 22.0 Å². The van der Waals surface area contributed by atoms with Crippen molar-refractivity contribution in [3.05, 3.63) is 102 Å². The summed E-state index contributed by atoms with van der Waals surface area (Å²) in [5.41, 5.74) is 6.59. The van der Waals surface area contributed by atoms with Crippen molar-refractivity contribution in [2.45, 2.75) is 51.0 Å². The average molecular weight is 461 g/mol. The number of fused-ring (bicyclic) bond motifs is 2. The highest BCUT2D eigenvalue weighted by atomic mass is 16.2. The monoisotopic (exact) mass is 460 g/mol. The van der Waals surface area contributed by atoms with Crippen LogP contribution in [-0.4, -0.2) is 16.9 Å². The summed E-state index contributed by atoms with van der Waals surface area (Å²) in [7, 11) is 0. The minimum absolute atomic E-state index is 0.118. The smallest absolute Gasteiger partial charge is 0.230 e. The maximum atomic E-state index is 13.8. The second-order valence-corrected chi connectivity index (χ2v) is 10.6. The standard InChI is InChI=1S/C32H32N2O/c1-20-13-15-27-25(17-20)24(22-9-5-3-6-10-22)19-29(33-27)31-30(23-11-7-4-8-12-23)26-18-21(2)14-16-28(26)34-32(31)35/h3-13,15,17,19,21,26,28,30-31H,14,16,18H2,1-2H3,(H,34,35). The van der Waals surface area contributed by atoms with E-state index in [9.17, 15) is 4.79 Å². The second-order valence-electron chi connectivity index (χ2n) is 10.6. The number of carbonyl (C=O) groups is 1. The molecule has 0 radical (unpaired) electrons. The quantitative estimate of drug-likeness (QED) is 0.357. The Morgan fingerprint density at radius 1 is 0.886 bits per heavy atom. The molecule has 0 spiro atoms. The fraction of sp³-hybridized carbons (Fsp3) is 0.312. The van der Waals surface area contributed by atoms with E-state index in [2.05, 4.69) is 98.0 Å². The number of carbonyl (C=O) groups excluding carboxylic acids is 1. The first-order valence-electron chi connectivity index (χ1n) is 12.9. The SMILES string of the molecule is Cc1ccc2nc(C3C(=O)NC4CCC(C)CC4C3c3ccccc3)cc(-c3ccccc3)c2c1. The highest BCUT2D eigenvalue weighted by Gasteiger charge is 2.47. The summed E-state index contributed by atoms with van der Waals surface area (Å²) in [6, 6.07) is 30.0. The number of hydrogen-bond acceptors (Lipinski definition) is 2. The molecule has 1 N–H and O–H groups in total. The van der Waals surface area contributed by atoms with Gasteiger partial charge in [-0.2, -0.15) is 0 Å². The normalized spacial score (nSPS) is 26.2. The Morgan fingerprint density at radius 2 is 1.63 bits per heavy atom. The van der Waals surface area contributed by atoms with E-state index >= 15 is 0 Å². The average Bonchev–Trinajstić information content (AvgIpc) is 2.88. The molecule has 35 heavy (non-hydrogen) atoms. The molecule has 2 heterocycles. The fourth-order valence-corrected chi connectivity index (χ4v) is 6.49. The van der Waals surface area contributed by atoms with Gasteiger partial charge in [-0.05, 0) is 72.9 Å². The molecule has 2 fully saturated rings. The van der Waals surface area contributed by atoms with Crippen LogP contribution in [0.2, 0.25) is 0 Å². The van der Waals surface area contributed by atoms with Crippen LogP contribution in [0.1, 0.15) is 54.8 Å². The van der Waals surface area contributed by atoms with Gasteiger partial charge in [0.25, 0.3) is 0 Å². The number of aryl methyl sites for hydroxylation is 1. The number of benzene rings is 3. The van der Waals surface area contributed by atoms with E-state index in [0.29, 0.717) is 11.8 Å². The largest absolute Gasteiger partial charge is 0.352 e. The van der Waals surface area contributed by atoms with Gasteiger partial charge >= 0.3 is 0 Å². The number of amides is 1. The molecule has 6 rings (SSSR count). The molecule has 1 amide bonds. The number of rotatable bonds is 3. The topological polar surface area (TPSA) is 42.0 Å². The Hall–Kier alpha value is -3.46. The fourth-order valence-electron chi connectivity index (χ4n) is 6.49. The maximum Gasteiger partial charge on any atom is 0.230 e. The Labute approximate surface area is 207 Å². The van der Waals surface area contributed by atoms with Gasteiger partial charge < -0.3 is 5.32 Å². The molecule has 5 unspecified atom stereocenters. The first-order chi connectivity index (χ1) is 17.1. The summed E-state index contributed by atoms with van der Waals surface area (Å²) in [6.45, 7) is 4.47. The molecule has 3 heteroatoms. The molecule has 0 bridgehead atoms. The van der Waals surface area contributed by atoms with Crippen molar-refractivity contribution in [1.29, 1.82) is 0 Å². The highest BCUT2D eigenvalue weighted by molar-refractivity contribution is 5.96. The van der Waals surface area contributed by atoms with Crippen molar-refractivity contribution >= 4 is 16.8 Å². The summed E-state index contributed by atoms with van der Waals surface area (Å²) in [5, 5.41) is 4.56. The number of pyridine rings is 1. The van der Waals surface area contributed by atoms with E-state index in [4.69, 9.17) is 4.98 Å². The number of nitrogens with zero attached hydrogens (tertiary/aromatic N) is 1. The molecular formula is C32H32N2O. The zero-order valence-electron chi connectivity index (χ0n) is 20.4. The van der Waals surface area contributed by atoms with Crippen LogP contribution in [-0.2, 0) is 4.79 Å². The lowest BCUT2D eigenvalue weighted by molar-refractivity contribution is -0.128. The van der Waals surface area contributed by atoms with Gasteiger partial charge in [0.2, 0.25) is 5.91 Å². The maximum absolute atomic E-state index is 13.8. The zero-order valence-corrected chi connectivity index (χ0v) is 20.4. The van der Waals surface area contributed by atoms with E-state index in [1.807, 2.05) is 6.07 Å². The van der Waals surface area contributed by atoms with Crippen molar-refractivity contribution in [1.82, 2.24) is 10.3 Å². The van der Waals surface area contributed by atoms with Crippen LogP contribution in [0.4, 0.5) is 0 Å². The molecule has 1 aliphatic heterocycles. The van der Waals surface area contributed by atoms with Crippen LogP contribution in [0, 0.1) is 18.8 Å². The van der Waals surface area contributed by atoms with Crippen molar-refractivity contribution in [3.63, 3.8) is 0 Å². The molecule has 1 saturated heterocycles. The molecule has 3 aromatic carbocycles. The van der Waals surface area contributed by atoms with Crippen LogP contribution in [0.5, 0.6) is 0 Å². The number of piperidine rings is 1. The predicted octanol–water partition coefficient (Wildman–Crippen LogP) is 7.01. The molecular weight excluding hydrogens is 428 g/mol. The van der Waals surface area contributed by atoms with E-state index in [0.717, 1.165) is 40.6 Å². The highest BCUT2D eigenvalue weighted by Crippen LogP contribution is 2.49. The molecule has 4 aromatic rings. The molecule has 3 nitrogen and oxygen atoms in total. The van der Waals surface area contributed by atoms with Gasteiger partial charge in [0, 0.05) is 17.3 Å². The van der Waals surface area contributed by atoms with Crippen LogP contribution in [0.15, 0.2) is 84.9 Å². The van der Waals surface area contributed by atoms with Gasteiger partial charge in [0.05, 0.1) is 17.1 Å². The number of nitrogens with one attached hydrogen (secondary N) is 1. The molecule has 1 aromatic heterocycles. The van der Waals surface area contributed by atoms with E-state index in [-0.39, 0.29) is 23.8 Å². The molecule has 2 aliphatic rings. The van der Waals surface area contributed by atoms with Gasteiger partial charge in [0.15, 0.2) is 0 Å². The van der Waals surface area contributed by atoms with Crippen molar-refractivity contribution in [3.8, 4) is 11.1 Å².